The summed E-state index contributed by atoms with van der Waals surface area (Å²) >= 11 is 5.43. The van der Waals surface area contributed by atoms with Crippen molar-refractivity contribution in [2.75, 3.05) is 18.1 Å². The lowest BCUT2D eigenvalue weighted by Crippen LogP contribution is -2.35. The number of thioether (sulfide) groups is 1. The molecule has 0 aromatic heterocycles. The predicted octanol–water partition coefficient (Wildman–Crippen LogP) is 4.80. The van der Waals surface area contributed by atoms with Crippen LogP contribution >= 0.6 is 27.7 Å². The zero-order valence-corrected chi connectivity index (χ0v) is 13.6. The van der Waals surface area contributed by atoms with Crippen LogP contribution in [0.1, 0.15) is 37.7 Å². The van der Waals surface area contributed by atoms with Crippen LogP contribution in [0.4, 0.5) is 5.69 Å². The van der Waals surface area contributed by atoms with Gasteiger partial charge in [0.2, 0.25) is 0 Å². The monoisotopic (exact) mass is 338 g/mol. The highest BCUT2D eigenvalue weighted by Gasteiger charge is 2.30. The topological polar surface area (TPSA) is 35.8 Å². The van der Waals surface area contributed by atoms with Crippen LogP contribution in [0, 0.1) is 11.3 Å². The Labute approximate surface area is 128 Å². The molecule has 0 bridgehead atoms. The van der Waals surface area contributed by atoms with E-state index in [0.717, 1.165) is 16.7 Å². The van der Waals surface area contributed by atoms with E-state index in [0.29, 0.717) is 10.3 Å². The smallest absolute Gasteiger partial charge is 0.100 e. The second-order valence-corrected chi connectivity index (χ2v) is 7.24. The third-order valence-electron chi connectivity index (χ3n) is 3.90. The summed E-state index contributed by atoms with van der Waals surface area (Å²) in [6.45, 7) is 1.01. The van der Waals surface area contributed by atoms with Gasteiger partial charge in [0.05, 0.1) is 5.56 Å². The van der Waals surface area contributed by atoms with Gasteiger partial charge < -0.3 is 5.32 Å². The van der Waals surface area contributed by atoms with Crippen LogP contribution in [0.3, 0.4) is 0 Å². The molecule has 4 heteroatoms. The van der Waals surface area contributed by atoms with Crippen molar-refractivity contribution in [3.05, 3.63) is 28.2 Å². The van der Waals surface area contributed by atoms with Gasteiger partial charge >= 0.3 is 0 Å². The molecule has 1 aliphatic carbocycles. The lowest BCUT2D eigenvalue weighted by Gasteiger charge is -2.36. The summed E-state index contributed by atoms with van der Waals surface area (Å²) in [6, 6.07) is 8.01. The largest absolute Gasteiger partial charge is 0.384 e. The van der Waals surface area contributed by atoms with Crippen molar-refractivity contribution in [1.29, 1.82) is 5.26 Å². The van der Waals surface area contributed by atoms with Crippen LogP contribution in [0.15, 0.2) is 22.7 Å². The van der Waals surface area contributed by atoms with Crippen molar-refractivity contribution in [2.24, 2.45) is 0 Å². The maximum atomic E-state index is 8.92. The van der Waals surface area contributed by atoms with Crippen molar-refractivity contribution < 1.29 is 0 Å². The van der Waals surface area contributed by atoms with E-state index in [1.807, 2.05) is 30.0 Å². The number of anilines is 1. The van der Waals surface area contributed by atoms with E-state index < -0.39 is 0 Å². The van der Waals surface area contributed by atoms with Gasteiger partial charge in [0, 0.05) is 21.5 Å². The Kier molecular flexibility index (Phi) is 5.18. The molecule has 0 unspecified atom stereocenters. The Balaban J connectivity index is 2.01. The molecule has 0 spiro atoms. The molecule has 102 valence electrons. The van der Waals surface area contributed by atoms with Crippen LogP contribution in [0.2, 0.25) is 0 Å². The van der Waals surface area contributed by atoms with Gasteiger partial charge in [-0.15, -0.1) is 0 Å². The van der Waals surface area contributed by atoms with Crippen LogP contribution in [-0.4, -0.2) is 17.5 Å². The molecular weight excluding hydrogens is 320 g/mol. The van der Waals surface area contributed by atoms with Gasteiger partial charge in [-0.05, 0) is 53.2 Å². The van der Waals surface area contributed by atoms with E-state index in [2.05, 4.69) is 33.6 Å². The number of hydrogen-bond acceptors (Lipinski definition) is 3. The molecule has 1 aromatic rings. The number of nitrogens with one attached hydrogen (secondary N) is 1. The average Bonchev–Trinajstić information content (AvgIpc) is 2.46. The molecule has 1 saturated carbocycles. The lowest BCUT2D eigenvalue weighted by molar-refractivity contribution is 0.411. The molecule has 0 atom stereocenters. The zero-order chi connectivity index (χ0) is 13.7. The van der Waals surface area contributed by atoms with E-state index in [-0.39, 0.29) is 0 Å². The van der Waals surface area contributed by atoms with Gasteiger partial charge in [0.1, 0.15) is 6.07 Å². The molecule has 0 radical (unpaired) electrons. The first-order chi connectivity index (χ1) is 9.19. The van der Waals surface area contributed by atoms with Crippen molar-refractivity contribution >= 4 is 33.4 Å². The van der Waals surface area contributed by atoms with Gasteiger partial charge in [0.15, 0.2) is 0 Å². The average molecular weight is 339 g/mol. The van der Waals surface area contributed by atoms with Gasteiger partial charge in [-0.2, -0.15) is 17.0 Å². The number of hydrogen-bond donors (Lipinski definition) is 1. The van der Waals surface area contributed by atoms with Crippen LogP contribution in [-0.2, 0) is 0 Å². The van der Waals surface area contributed by atoms with Crippen molar-refractivity contribution in [2.45, 2.75) is 36.9 Å². The summed E-state index contributed by atoms with van der Waals surface area (Å²) < 4.78 is 1.25. The third-order valence-corrected chi connectivity index (χ3v) is 5.98. The molecule has 1 N–H and O–H groups in total. The third kappa shape index (κ3) is 3.67. The van der Waals surface area contributed by atoms with Crippen molar-refractivity contribution in [3.63, 3.8) is 0 Å². The molecule has 0 heterocycles. The quantitative estimate of drug-likeness (QED) is 0.856. The normalized spacial score (nSPS) is 17.7. The zero-order valence-electron chi connectivity index (χ0n) is 11.2. The van der Waals surface area contributed by atoms with E-state index in [1.165, 1.54) is 32.1 Å². The standard InChI is InChI=1S/C15H19BrN2S/c1-19-15(7-3-2-4-8-15)11-18-13-6-5-12(10-17)14(16)9-13/h5-6,9,18H,2-4,7-8,11H2,1H3. The van der Waals surface area contributed by atoms with Gasteiger partial charge in [0.25, 0.3) is 0 Å². The summed E-state index contributed by atoms with van der Waals surface area (Å²) in [5, 5.41) is 12.5. The number of nitrogens with zero attached hydrogens (tertiary/aromatic N) is 1. The second-order valence-electron chi connectivity index (χ2n) is 5.11. The number of rotatable bonds is 4. The Morgan fingerprint density at radius 1 is 1.37 bits per heavy atom. The Morgan fingerprint density at radius 2 is 2.11 bits per heavy atom. The second kappa shape index (κ2) is 6.67. The van der Waals surface area contributed by atoms with Gasteiger partial charge in [-0.25, -0.2) is 0 Å². The first-order valence-electron chi connectivity index (χ1n) is 6.68. The fourth-order valence-corrected chi connectivity index (χ4v) is 4.01. The fourth-order valence-electron chi connectivity index (χ4n) is 2.63. The Morgan fingerprint density at radius 3 is 2.68 bits per heavy atom. The first kappa shape index (κ1) is 14.7. The summed E-state index contributed by atoms with van der Waals surface area (Å²) in [7, 11) is 0. The fraction of sp³-hybridized carbons (Fsp3) is 0.533. The summed E-state index contributed by atoms with van der Waals surface area (Å²) in [5.74, 6) is 0. The molecule has 1 fully saturated rings. The Hall–Kier alpha value is -0.660. The molecule has 2 rings (SSSR count). The molecule has 2 nitrogen and oxygen atoms in total. The minimum absolute atomic E-state index is 0.388. The van der Waals surface area contributed by atoms with Crippen LogP contribution in [0.5, 0.6) is 0 Å². The van der Waals surface area contributed by atoms with Gasteiger partial charge in [-0.1, -0.05) is 19.3 Å². The Bertz CT molecular complexity index is 476. The number of halogens is 1. The van der Waals surface area contributed by atoms with Crippen LogP contribution < -0.4 is 5.32 Å². The summed E-state index contributed by atoms with van der Waals surface area (Å²) in [4.78, 5) is 0. The number of benzene rings is 1. The highest BCUT2D eigenvalue weighted by atomic mass is 79.9. The van der Waals surface area contributed by atoms with E-state index in [1.54, 1.807) is 0 Å². The van der Waals surface area contributed by atoms with Crippen molar-refractivity contribution in [1.82, 2.24) is 0 Å². The predicted molar refractivity (Wildman–Crippen MR) is 86.7 cm³/mol. The first-order valence-corrected chi connectivity index (χ1v) is 8.69. The summed E-state index contributed by atoms with van der Waals surface area (Å²) in [5.41, 5.74) is 1.77. The number of nitriles is 1. The molecular formula is C15H19BrN2S. The molecule has 19 heavy (non-hydrogen) atoms. The minimum atomic E-state index is 0.388. The molecule has 0 saturated heterocycles. The van der Waals surface area contributed by atoms with Crippen molar-refractivity contribution in [3.8, 4) is 6.07 Å². The SMILES string of the molecule is CSC1(CNc2ccc(C#N)c(Br)c2)CCCCC1. The maximum Gasteiger partial charge on any atom is 0.100 e. The van der Waals surface area contributed by atoms with E-state index in [4.69, 9.17) is 5.26 Å². The highest BCUT2D eigenvalue weighted by molar-refractivity contribution is 9.10. The minimum Gasteiger partial charge on any atom is -0.384 e. The molecule has 1 aromatic carbocycles. The van der Waals surface area contributed by atoms with Gasteiger partial charge in [-0.3, -0.25) is 0 Å². The maximum absolute atomic E-state index is 8.92. The van der Waals surface area contributed by atoms with E-state index >= 15 is 0 Å². The molecule has 1 aliphatic rings. The molecule has 0 aliphatic heterocycles. The van der Waals surface area contributed by atoms with E-state index in [9.17, 15) is 0 Å². The summed E-state index contributed by atoms with van der Waals surface area (Å²) in [6.07, 6.45) is 8.91. The molecule has 0 amide bonds. The highest BCUT2D eigenvalue weighted by Crippen LogP contribution is 2.38. The lowest BCUT2D eigenvalue weighted by atomic mass is 9.88. The van der Waals surface area contributed by atoms with Crippen LogP contribution in [0.25, 0.3) is 0 Å².